The first-order valence-electron chi connectivity index (χ1n) is 11.3. The maximum Gasteiger partial charge on any atom is 0.265 e. The molecule has 0 spiro atoms. The molecule has 1 aliphatic heterocycles. The second-order valence-corrected chi connectivity index (χ2v) is 12.2. The number of piperazine rings is 1. The molecule has 0 radical (unpaired) electrons. The monoisotopic (exact) mass is 606 g/mol. The SMILES string of the molecule is O=C(c1sc2cc(Cl)ccc2c1Cl)N1CCN(C(=S)Nc2ccc(S(=O)(=O)Nc3ncccn3)cc2)CC1. The Balaban J connectivity index is 1.17. The third kappa shape index (κ3) is 5.69. The maximum atomic E-state index is 13.2. The van der Waals surface area contributed by atoms with E-state index in [1.54, 1.807) is 29.2 Å². The van der Waals surface area contributed by atoms with E-state index in [2.05, 4.69) is 20.0 Å². The van der Waals surface area contributed by atoms with Crippen LogP contribution in [0.15, 0.2) is 65.8 Å². The van der Waals surface area contributed by atoms with E-state index in [-0.39, 0.29) is 16.8 Å². The van der Waals surface area contributed by atoms with Crippen molar-refractivity contribution in [2.75, 3.05) is 36.2 Å². The molecule has 1 fully saturated rings. The highest BCUT2D eigenvalue weighted by Gasteiger charge is 2.27. The molecule has 1 saturated heterocycles. The third-order valence-electron chi connectivity index (χ3n) is 5.85. The van der Waals surface area contributed by atoms with E-state index in [1.165, 1.54) is 35.9 Å². The molecule has 1 aliphatic rings. The quantitative estimate of drug-likeness (QED) is 0.307. The van der Waals surface area contributed by atoms with Gasteiger partial charge in [0.15, 0.2) is 5.11 Å². The summed E-state index contributed by atoms with van der Waals surface area (Å²) in [5.74, 6) is -0.121. The van der Waals surface area contributed by atoms with Gasteiger partial charge >= 0.3 is 0 Å². The molecule has 0 unspecified atom stereocenters. The fourth-order valence-electron chi connectivity index (χ4n) is 3.88. The molecule has 1 amide bonds. The number of rotatable bonds is 5. The van der Waals surface area contributed by atoms with Crippen molar-refractivity contribution >= 4 is 89.5 Å². The average Bonchev–Trinajstić information content (AvgIpc) is 3.24. The highest BCUT2D eigenvalue weighted by Crippen LogP contribution is 2.37. The molecule has 2 N–H and O–H groups in total. The lowest BCUT2D eigenvalue weighted by Gasteiger charge is -2.36. The number of hydrogen-bond donors (Lipinski definition) is 2. The minimum absolute atomic E-state index is 0.00692. The third-order valence-corrected chi connectivity index (χ3v) is 9.43. The normalized spacial score (nSPS) is 13.9. The van der Waals surface area contributed by atoms with Crippen LogP contribution in [-0.4, -0.2) is 65.4 Å². The summed E-state index contributed by atoms with van der Waals surface area (Å²) < 4.78 is 28.3. The number of aromatic nitrogens is 2. The summed E-state index contributed by atoms with van der Waals surface area (Å²) >= 11 is 19.5. The van der Waals surface area contributed by atoms with Crippen molar-refractivity contribution < 1.29 is 13.2 Å². The number of fused-ring (bicyclic) bond motifs is 1. The first-order chi connectivity index (χ1) is 18.2. The van der Waals surface area contributed by atoms with E-state index in [4.69, 9.17) is 35.4 Å². The molecule has 0 aliphatic carbocycles. The molecule has 38 heavy (non-hydrogen) atoms. The van der Waals surface area contributed by atoms with Crippen molar-refractivity contribution in [1.82, 2.24) is 19.8 Å². The fourth-order valence-corrected chi connectivity index (χ4v) is 6.90. The standard InChI is InChI=1S/C24H20Cl2N6O3S3/c25-15-2-7-18-19(14-15)37-21(20(18)26)22(33)31-10-12-32(13-11-31)24(36)29-16-3-5-17(6-4-16)38(34,35)30-23-27-8-1-9-28-23/h1-9,14H,10-13H2,(H,29,36)(H,27,28,30). The van der Waals surface area contributed by atoms with Crippen LogP contribution in [0.1, 0.15) is 9.67 Å². The lowest BCUT2D eigenvalue weighted by atomic mass is 10.2. The smallest absolute Gasteiger partial charge is 0.265 e. The number of halogens is 2. The number of amides is 1. The summed E-state index contributed by atoms with van der Waals surface area (Å²) in [6.07, 6.45) is 2.90. The second kappa shape index (κ2) is 11.0. The molecule has 2 aromatic carbocycles. The first-order valence-corrected chi connectivity index (χ1v) is 14.8. The Morgan fingerprint density at radius 1 is 0.974 bits per heavy atom. The summed E-state index contributed by atoms with van der Waals surface area (Å²) in [4.78, 5) is 25.2. The molecule has 0 bridgehead atoms. The summed E-state index contributed by atoms with van der Waals surface area (Å²) in [6.45, 7) is 2.05. The Bertz CT molecular complexity index is 1610. The van der Waals surface area contributed by atoms with Crippen molar-refractivity contribution in [3.8, 4) is 0 Å². The van der Waals surface area contributed by atoms with Crippen LogP contribution >= 0.6 is 46.8 Å². The number of carbonyl (C=O) groups excluding carboxylic acids is 1. The van der Waals surface area contributed by atoms with E-state index in [0.29, 0.717) is 51.9 Å². The molecule has 4 aromatic rings. The molecule has 196 valence electrons. The molecule has 2 aromatic heterocycles. The average molecular weight is 608 g/mol. The number of anilines is 2. The van der Waals surface area contributed by atoms with E-state index < -0.39 is 10.0 Å². The number of sulfonamides is 1. The van der Waals surface area contributed by atoms with Gasteiger partial charge in [-0.2, -0.15) is 0 Å². The van der Waals surface area contributed by atoms with Crippen LogP contribution < -0.4 is 10.0 Å². The lowest BCUT2D eigenvalue weighted by molar-refractivity contribution is 0.0698. The van der Waals surface area contributed by atoms with Crippen molar-refractivity contribution in [2.45, 2.75) is 4.90 Å². The zero-order chi connectivity index (χ0) is 26.9. The molecule has 5 rings (SSSR count). The van der Waals surface area contributed by atoms with Gasteiger partial charge in [0, 0.05) is 59.4 Å². The maximum absolute atomic E-state index is 13.2. The molecular weight excluding hydrogens is 587 g/mol. The van der Waals surface area contributed by atoms with Gasteiger partial charge in [-0.25, -0.2) is 23.1 Å². The van der Waals surface area contributed by atoms with Crippen LogP contribution in [0.4, 0.5) is 11.6 Å². The summed E-state index contributed by atoms with van der Waals surface area (Å²) in [7, 11) is -3.83. The Morgan fingerprint density at radius 3 is 2.32 bits per heavy atom. The second-order valence-electron chi connectivity index (χ2n) is 8.30. The van der Waals surface area contributed by atoms with Crippen LogP contribution in [0.5, 0.6) is 0 Å². The number of thiocarbonyl (C=S) groups is 1. The molecule has 3 heterocycles. The largest absolute Gasteiger partial charge is 0.345 e. The molecular formula is C24H20Cl2N6O3S3. The van der Waals surface area contributed by atoms with E-state index >= 15 is 0 Å². The Morgan fingerprint density at radius 2 is 1.63 bits per heavy atom. The molecule has 0 atom stereocenters. The van der Waals surface area contributed by atoms with Crippen LogP contribution in [-0.2, 0) is 10.0 Å². The first kappa shape index (κ1) is 26.6. The van der Waals surface area contributed by atoms with Gasteiger partial charge in [0.1, 0.15) is 4.88 Å². The highest BCUT2D eigenvalue weighted by molar-refractivity contribution is 7.92. The van der Waals surface area contributed by atoms with Crippen molar-refractivity contribution in [3.63, 3.8) is 0 Å². The van der Waals surface area contributed by atoms with Gasteiger partial charge in [0.2, 0.25) is 5.95 Å². The summed E-state index contributed by atoms with van der Waals surface area (Å²) in [5, 5.41) is 5.47. The van der Waals surface area contributed by atoms with Gasteiger partial charge in [-0.15, -0.1) is 11.3 Å². The summed E-state index contributed by atoms with van der Waals surface area (Å²) in [6, 6.07) is 13.2. The van der Waals surface area contributed by atoms with E-state index in [1.807, 2.05) is 17.0 Å². The lowest BCUT2D eigenvalue weighted by Crippen LogP contribution is -2.51. The van der Waals surface area contributed by atoms with Crippen molar-refractivity contribution in [2.24, 2.45) is 0 Å². The minimum Gasteiger partial charge on any atom is -0.345 e. The van der Waals surface area contributed by atoms with Crippen LogP contribution in [0.3, 0.4) is 0 Å². The van der Waals surface area contributed by atoms with Crippen molar-refractivity contribution in [1.29, 1.82) is 0 Å². The Labute approximate surface area is 238 Å². The zero-order valence-electron chi connectivity index (χ0n) is 19.6. The van der Waals surface area contributed by atoms with E-state index in [9.17, 15) is 13.2 Å². The summed E-state index contributed by atoms with van der Waals surface area (Å²) in [5.41, 5.74) is 0.638. The van der Waals surface area contributed by atoms with Crippen LogP contribution in [0, 0.1) is 0 Å². The van der Waals surface area contributed by atoms with Crippen LogP contribution in [0.25, 0.3) is 10.1 Å². The molecule has 14 heteroatoms. The topological polar surface area (TPSA) is 108 Å². The number of carbonyl (C=O) groups is 1. The Hall–Kier alpha value is -3.03. The number of nitrogens with one attached hydrogen (secondary N) is 2. The highest BCUT2D eigenvalue weighted by atomic mass is 35.5. The number of nitrogens with zero attached hydrogens (tertiary/aromatic N) is 4. The van der Waals surface area contributed by atoms with Gasteiger partial charge < -0.3 is 15.1 Å². The van der Waals surface area contributed by atoms with Gasteiger partial charge in [-0.3, -0.25) is 4.79 Å². The van der Waals surface area contributed by atoms with Crippen molar-refractivity contribution in [3.05, 3.63) is 75.8 Å². The van der Waals surface area contributed by atoms with E-state index in [0.717, 1.165) is 10.1 Å². The predicted molar refractivity (Wildman–Crippen MR) is 155 cm³/mol. The van der Waals surface area contributed by atoms with Gasteiger partial charge in [-0.1, -0.05) is 29.3 Å². The molecule has 9 nitrogen and oxygen atoms in total. The molecule has 0 saturated carbocycles. The predicted octanol–water partition coefficient (Wildman–Crippen LogP) is 4.95. The van der Waals surface area contributed by atoms with Gasteiger partial charge in [-0.05, 0) is 54.7 Å². The number of benzene rings is 2. The zero-order valence-corrected chi connectivity index (χ0v) is 23.6. The van der Waals surface area contributed by atoms with Gasteiger partial charge in [0.05, 0.1) is 9.92 Å². The number of hydrogen-bond acceptors (Lipinski definition) is 7. The van der Waals surface area contributed by atoms with Crippen LogP contribution in [0.2, 0.25) is 10.0 Å². The number of thiophene rings is 1. The fraction of sp³-hybridized carbons (Fsp3) is 0.167. The van der Waals surface area contributed by atoms with Gasteiger partial charge in [0.25, 0.3) is 15.9 Å². The Kier molecular flexibility index (Phi) is 7.68. The minimum atomic E-state index is -3.83.